The average Bonchev–Trinajstić information content (AvgIpc) is 3.01. The van der Waals surface area contributed by atoms with E-state index < -0.39 is 11.9 Å². The van der Waals surface area contributed by atoms with Gasteiger partial charge < -0.3 is 5.32 Å². The van der Waals surface area contributed by atoms with Crippen molar-refractivity contribution in [1.82, 2.24) is 30.8 Å². The van der Waals surface area contributed by atoms with Crippen LogP contribution in [0, 0.1) is 5.92 Å². The van der Waals surface area contributed by atoms with Crippen LogP contribution in [-0.2, 0) is 4.79 Å². The maximum atomic E-state index is 11.9. The van der Waals surface area contributed by atoms with E-state index in [1.807, 2.05) is 0 Å². The Hall–Kier alpha value is -2.13. The van der Waals surface area contributed by atoms with Crippen molar-refractivity contribution in [2.24, 2.45) is 5.92 Å². The number of aromatic nitrogens is 4. The first kappa shape index (κ1) is 19.2. The quantitative estimate of drug-likeness (QED) is 0.712. The third kappa shape index (κ3) is 6.35. The van der Waals surface area contributed by atoms with Crippen LogP contribution in [0.15, 0.2) is 29.4 Å². The number of thioether (sulfide) groups is 1. The van der Waals surface area contributed by atoms with E-state index in [1.54, 1.807) is 24.3 Å². The molecule has 2 aromatic rings. The molecule has 0 fully saturated rings. The first-order chi connectivity index (χ1) is 12.0. The highest BCUT2D eigenvalue weighted by molar-refractivity contribution is 7.99. The minimum absolute atomic E-state index is 0.0124. The van der Waals surface area contributed by atoms with E-state index in [0.29, 0.717) is 28.3 Å². The minimum Gasteiger partial charge on any atom is -0.338 e. The largest absolute Gasteiger partial charge is 0.338 e. The Bertz CT molecular complexity index is 736. The summed E-state index contributed by atoms with van der Waals surface area (Å²) in [6.45, 7) is 4.65. The van der Waals surface area contributed by atoms with Crippen molar-refractivity contribution in [3.8, 4) is 5.69 Å². The van der Waals surface area contributed by atoms with Gasteiger partial charge in [-0.15, -0.1) is 5.10 Å². The summed E-state index contributed by atoms with van der Waals surface area (Å²) in [5.74, 6) is 0.0723. The zero-order valence-corrected chi connectivity index (χ0v) is 15.5. The number of nitrogens with one attached hydrogen (secondary N) is 2. The fraction of sp³-hybridized carbons (Fsp3) is 0.400. The van der Waals surface area contributed by atoms with Gasteiger partial charge in [0.1, 0.15) is 0 Å². The molecule has 0 aliphatic heterocycles. The maximum absolute atomic E-state index is 11.9. The van der Waals surface area contributed by atoms with Crippen LogP contribution in [0.3, 0.4) is 0 Å². The van der Waals surface area contributed by atoms with Crippen LogP contribution in [0.2, 0.25) is 5.02 Å². The van der Waals surface area contributed by atoms with Gasteiger partial charge in [0.05, 0.1) is 11.4 Å². The van der Waals surface area contributed by atoms with Gasteiger partial charge in [0, 0.05) is 11.6 Å². The molecule has 1 aromatic heterocycles. The van der Waals surface area contributed by atoms with Gasteiger partial charge in [-0.25, -0.2) is 4.79 Å². The lowest BCUT2D eigenvalue weighted by atomic mass is 10.1. The number of imide groups is 1. The molecule has 8 nitrogen and oxygen atoms in total. The summed E-state index contributed by atoms with van der Waals surface area (Å²) in [7, 11) is 0. The molecular weight excluding hydrogens is 364 g/mol. The van der Waals surface area contributed by atoms with Crippen LogP contribution in [0.4, 0.5) is 4.79 Å². The van der Waals surface area contributed by atoms with Gasteiger partial charge in [-0.1, -0.05) is 43.3 Å². The molecule has 0 atom stereocenters. The Labute approximate surface area is 154 Å². The Morgan fingerprint density at radius 3 is 2.88 bits per heavy atom. The van der Waals surface area contributed by atoms with E-state index in [2.05, 4.69) is 40.0 Å². The minimum atomic E-state index is -0.499. The Kier molecular flexibility index (Phi) is 7.20. The van der Waals surface area contributed by atoms with Crippen LogP contribution >= 0.6 is 23.4 Å². The van der Waals surface area contributed by atoms with E-state index in [9.17, 15) is 9.59 Å². The SMILES string of the molecule is CC(C)CCNC(=O)NC(=O)CSc1nnnn1-c1cccc(Cl)c1. The van der Waals surface area contributed by atoms with Gasteiger partial charge in [-0.3, -0.25) is 10.1 Å². The van der Waals surface area contributed by atoms with Crippen molar-refractivity contribution in [3.05, 3.63) is 29.3 Å². The van der Waals surface area contributed by atoms with Crippen molar-refractivity contribution in [3.63, 3.8) is 0 Å². The molecule has 0 saturated heterocycles. The molecule has 10 heteroatoms. The zero-order chi connectivity index (χ0) is 18.2. The number of hydrogen-bond donors (Lipinski definition) is 2. The summed E-state index contributed by atoms with van der Waals surface area (Å²) >= 11 is 7.09. The molecule has 0 spiro atoms. The van der Waals surface area contributed by atoms with Crippen molar-refractivity contribution < 1.29 is 9.59 Å². The van der Waals surface area contributed by atoms with Gasteiger partial charge in [0.25, 0.3) is 0 Å². The Morgan fingerprint density at radius 2 is 2.16 bits per heavy atom. The normalized spacial score (nSPS) is 10.7. The number of tetrazole rings is 1. The molecule has 2 rings (SSSR count). The van der Waals surface area contributed by atoms with E-state index >= 15 is 0 Å². The number of urea groups is 1. The summed E-state index contributed by atoms with van der Waals surface area (Å²) in [4.78, 5) is 23.5. The van der Waals surface area contributed by atoms with Crippen LogP contribution in [-0.4, -0.2) is 44.4 Å². The molecule has 134 valence electrons. The molecule has 0 aliphatic rings. The molecule has 0 radical (unpaired) electrons. The number of nitrogens with zero attached hydrogens (tertiary/aromatic N) is 4. The zero-order valence-electron chi connectivity index (χ0n) is 13.9. The number of benzene rings is 1. The highest BCUT2D eigenvalue weighted by Gasteiger charge is 2.13. The third-order valence-corrected chi connectivity index (χ3v) is 4.24. The number of hydrogen-bond acceptors (Lipinski definition) is 6. The predicted octanol–water partition coefficient (Wildman–Crippen LogP) is 2.28. The summed E-state index contributed by atoms with van der Waals surface area (Å²) in [5.41, 5.74) is 0.687. The average molecular weight is 383 g/mol. The van der Waals surface area contributed by atoms with Crippen molar-refractivity contribution >= 4 is 35.3 Å². The van der Waals surface area contributed by atoms with Crippen LogP contribution in [0.5, 0.6) is 0 Å². The molecule has 0 unspecified atom stereocenters. The topological polar surface area (TPSA) is 102 Å². The fourth-order valence-electron chi connectivity index (χ4n) is 1.85. The molecule has 0 saturated carbocycles. The summed E-state index contributed by atoms with van der Waals surface area (Å²) < 4.78 is 1.48. The van der Waals surface area contributed by atoms with Gasteiger partial charge in [0.15, 0.2) is 0 Å². The van der Waals surface area contributed by atoms with Gasteiger partial charge in [0.2, 0.25) is 11.1 Å². The lowest BCUT2D eigenvalue weighted by molar-refractivity contribution is -0.117. The van der Waals surface area contributed by atoms with Crippen molar-refractivity contribution in [1.29, 1.82) is 0 Å². The molecule has 1 heterocycles. The molecule has 2 N–H and O–H groups in total. The smallest absolute Gasteiger partial charge is 0.321 e. The predicted molar refractivity (Wildman–Crippen MR) is 95.9 cm³/mol. The summed E-state index contributed by atoms with van der Waals surface area (Å²) in [6.07, 6.45) is 0.852. The second-order valence-electron chi connectivity index (χ2n) is 5.63. The number of rotatable bonds is 7. The molecule has 25 heavy (non-hydrogen) atoms. The molecule has 1 aromatic carbocycles. The number of carbonyl (C=O) groups excluding carboxylic acids is 2. The van der Waals surface area contributed by atoms with Gasteiger partial charge >= 0.3 is 6.03 Å². The van der Waals surface area contributed by atoms with Gasteiger partial charge in [-0.2, -0.15) is 4.68 Å². The molecular formula is C15H19ClN6O2S. The van der Waals surface area contributed by atoms with E-state index in [4.69, 9.17) is 11.6 Å². The third-order valence-electron chi connectivity index (χ3n) is 3.09. The van der Waals surface area contributed by atoms with E-state index in [-0.39, 0.29) is 5.75 Å². The Balaban J connectivity index is 1.85. The van der Waals surface area contributed by atoms with Gasteiger partial charge in [-0.05, 0) is 41.0 Å². The number of carbonyl (C=O) groups is 2. The van der Waals surface area contributed by atoms with Crippen LogP contribution < -0.4 is 10.6 Å². The highest BCUT2D eigenvalue weighted by Crippen LogP contribution is 2.20. The van der Waals surface area contributed by atoms with Crippen LogP contribution in [0.1, 0.15) is 20.3 Å². The lowest BCUT2D eigenvalue weighted by Gasteiger charge is -2.08. The van der Waals surface area contributed by atoms with Crippen LogP contribution in [0.25, 0.3) is 5.69 Å². The first-order valence-corrected chi connectivity index (χ1v) is 9.07. The van der Waals surface area contributed by atoms with E-state index in [0.717, 1.165) is 18.2 Å². The molecule has 0 bridgehead atoms. The summed E-state index contributed by atoms with van der Waals surface area (Å²) in [6, 6.07) is 6.54. The monoisotopic (exact) mass is 382 g/mol. The van der Waals surface area contributed by atoms with Crippen molar-refractivity contribution in [2.75, 3.05) is 12.3 Å². The second kappa shape index (κ2) is 9.38. The maximum Gasteiger partial charge on any atom is 0.321 e. The number of halogens is 1. The molecule has 3 amide bonds. The molecule has 0 aliphatic carbocycles. The first-order valence-electron chi connectivity index (χ1n) is 7.70. The Morgan fingerprint density at radius 1 is 1.36 bits per heavy atom. The standard InChI is InChI=1S/C15H19ClN6O2S/c1-10(2)6-7-17-14(24)18-13(23)9-25-15-19-20-21-22(15)12-5-3-4-11(16)8-12/h3-5,8,10H,6-7,9H2,1-2H3,(H2,17,18,23,24). The fourth-order valence-corrected chi connectivity index (χ4v) is 2.73. The van der Waals surface area contributed by atoms with E-state index in [1.165, 1.54) is 4.68 Å². The second-order valence-corrected chi connectivity index (χ2v) is 7.01. The summed E-state index contributed by atoms with van der Waals surface area (Å²) in [5, 5.41) is 17.3. The number of amides is 3. The highest BCUT2D eigenvalue weighted by atomic mass is 35.5. The lowest BCUT2D eigenvalue weighted by Crippen LogP contribution is -2.40. The van der Waals surface area contributed by atoms with Crippen molar-refractivity contribution in [2.45, 2.75) is 25.4 Å².